The average Bonchev–Trinajstić information content (AvgIpc) is 2.98. The summed E-state index contributed by atoms with van der Waals surface area (Å²) in [5.41, 5.74) is 7.36. The molecular formula is C13H19NO2S. The third-order valence-corrected chi connectivity index (χ3v) is 5.94. The van der Waals surface area contributed by atoms with Gasteiger partial charge in [0.25, 0.3) is 0 Å². The van der Waals surface area contributed by atoms with Crippen LogP contribution in [-0.2, 0) is 15.3 Å². The van der Waals surface area contributed by atoms with Gasteiger partial charge in [-0.3, -0.25) is 0 Å². The van der Waals surface area contributed by atoms with Gasteiger partial charge >= 0.3 is 0 Å². The molecule has 1 aromatic rings. The van der Waals surface area contributed by atoms with E-state index >= 15 is 0 Å². The minimum Gasteiger partial charge on any atom is -0.399 e. The average molecular weight is 253 g/mol. The zero-order valence-electron chi connectivity index (χ0n) is 10.3. The fourth-order valence-corrected chi connectivity index (χ4v) is 3.65. The molecule has 0 unspecified atom stereocenters. The van der Waals surface area contributed by atoms with E-state index in [9.17, 15) is 8.42 Å². The lowest BCUT2D eigenvalue weighted by Crippen LogP contribution is -2.26. The zero-order valence-corrected chi connectivity index (χ0v) is 11.1. The van der Waals surface area contributed by atoms with Crippen molar-refractivity contribution in [2.75, 3.05) is 11.5 Å². The number of hydrogen-bond donors (Lipinski definition) is 1. The Bertz CT molecular complexity index is 516. The number of hydrogen-bond acceptors (Lipinski definition) is 3. The maximum atomic E-state index is 12.0. The molecule has 1 aliphatic carbocycles. The summed E-state index contributed by atoms with van der Waals surface area (Å²) in [5.74, 6) is 0.251. The van der Waals surface area contributed by atoms with E-state index in [2.05, 4.69) is 0 Å². The van der Waals surface area contributed by atoms with E-state index in [1.807, 2.05) is 24.3 Å². The zero-order chi connectivity index (χ0) is 12.7. The minimum absolute atomic E-state index is 0.168. The number of nitrogens with two attached hydrogens (primary N) is 1. The van der Waals surface area contributed by atoms with Crippen molar-refractivity contribution in [3.63, 3.8) is 0 Å². The maximum Gasteiger partial charge on any atom is 0.153 e. The van der Waals surface area contributed by atoms with Crippen LogP contribution in [0.2, 0.25) is 0 Å². The second kappa shape index (κ2) is 4.02. The molecule has 0 atom stereocenters. The van der Waals surface area contributed by atoms with Gasteiger partial charge in [-0.05, 0) is 44.4 Å². The van der Waals surface area contributed by atoms with Gasteiger partial charge in [-0.15, -0.1) is 0 Å². The van der Waals surface area contributed by atoms with E-state index in [4.69, 9.17) is 5.73 Å². The summed E-state index contributed by atoms with van der Waals surface area (Å²) < 4.78 is 24.0. The normalized spacial score (nSPS) is 18.3. The van der Waals surface area contributed by atoms with Crippen molar-refractivity contribution in [1.82, 2.24) is 0 Å². The summed E-state index contributed by atoms with van der Waals surface area (Å²) >= 11 is 0. The highest BCUT2D eigenvalue weighted by Crippen LogP contribution is 2.49. The summed E-state index contributed by atoms with van der Waals surface area (Å²) in [6, 6.07) is 7.62. The predicted molar refractivity (Wildman–Crippen MR) is 70.7 cm³/mol. The molecule has 3 nitrogen and oxygen atoms in total. The first-order chi connectivity index (χ1) is 7.86. The number of nitrogen functional groups attached to an aromatic ring is 1. The van der Waals surface area contributed by atoms with Gasteiger partial charge in [0, 0.05) is 11.1 Å². The molecule has 0 saturated heterocycles. The van der Waals surface area contributed by atoms with Crippen LogP contribution in [0.15, 0.2) is 24.3 Å². The molecule has 1 saturated carbocycles. The smallest absolute Gasteiger partial charge is 0.153 e. The lowest BCUT2D eigenvalue weighted by atomic mass is 9.98. The van der Waals surface area contributed by atoms with Gasteiger partial charge in [0.2, 0.25) is 0 Å². The van der Waals surface area contributed by atoms with Crippen LogP contribution in [0.1, 0.15) is 32.3 Å². The second-order valence-corrected chi connectivity index (χ2v) is 7.82. The van der Waals surface area contributed by atoms with Crippen LogP contribution >= 0.6 is 0 Å². The fourth-order valence-electron chi connectivity index (χ4n) is 2.09. The van der Waals surface area contributed by atoms with Crippen molar-refractivity contribution in [2.45, 2.75) is 37.4 Å². The van der Waals surface area contributed by atoms with E-state index in [1.165, 1.54) is 0 Å². The molecule has 17 heavy (non-hydrogen) atoms. The largest absolute Gasteiger partial charge is 0.399 e. The van der Waals surface area contributed by atoms with Crippen LogP contribution in [0.3, 0.4) is 0 Å². The van der Waals surface area contributed by atoms with E-state index in [0.717, 1.165) is 18.4 Å². The molecule has 0 heterocycles. The van der Waals surface area contributed by atoms with Gasteiger partial charge in [-0.1, -0.05) is 12.1 Å². The van der Waals surface area contributed by atoms with Crippen molar-refractivity contribution in [2.24, 2.45) is 0 Å². The van der Waals surface area contributed by atoms with Crippen LogP contribution < -0.4 is 5.73 Å². The molecule has 94 valence electrons. The Kier molecular flexibility index (Phi) is 2.94. The molecule has 0 bridgehead atoms. The summed E-state index contributed by atoms with van der Waals surface area (Å²) in [7, 11) is -3.00. The van der Waals surface area contributed by atoms with Crippen LogP contribution in [0.5, 0.6) is 0 Å². The standard InChI is InChI=1S/C13H19NO2S/c1-10(2)17(15,16)9-13(6-7-13)11-4-3-5-12(14)8-11/h3-5,8,10H,6-7,9,14H2,1-2H3. The molecule has 2 rings (SSSR count). The number of sulfone groups is 1. The van der Waals surface area contributed by atoms with Gasteiger partial charge in [-0.25, -0.2) is 8.42 Å². The van der Waals surface area contributed by atoms with Gasteiger partial charge < -0.3 is 5.73 Å². The second-order valence-electron chi connectivity index (χ2n) is 5.26. The highest BCUT2D eigenvalue weighted by atomic mass is 32.2. The van der Waals surface area contributed by atoms with Crippen LogP contribution in [-0.4, -0.2) is 19.4 Å². The van der Waals surface area contributed by atoms with Gasteiger partial charge in [0.15, 0.2) is 9.84 Å². The van der Waals surface area contributed by atoms with Crippen molar-refractivity contribution in [3.8, 4) is 0 Å². The van der Waals surface area contributed by atoms with Crippen LogP contribution in [0, 0.1) is 0 Å². The molecule has 0 aromatic heterocycles. The SMILES string of the molecule is CC(C)S(=O)(=O)CC1(c2cccc(N)c2)CC1. The quantitative estimate of drug-likeness (QED) is 0.836. The highest BCUT2D eigenvalue weighted by molar-refractivity contribution is 7.92. The summed E-state index contributed by atoms with van der Waals surface area (Å²) in [5, 5.41) is -0.305. The number of rotatable bonds is 4. The molecule has 0 radical (unpaired) electrons. The van der Waals surface area contributed by atoms with Crippen molar-refractivity contribution in [3.05, 3.63) is 29.8 Å². The molecule has 1 aliphatic rings. The first-order valence-corrected chi connectivity index (χ1v) is 7.65. The third kappa shape index (κ3) is 2.46. The molecular weight excluding hydrogens is 234 g/mol. The topological polar surface area (TPSA) is 60.2 Å². The van der Waals surface area contributed by atoms with E-state index in [0.29, 0.717) is 5.69 Å². The molecule has 0 amide bonds. The predicted octanol–water partition coefficient (Wildman–Crippen LogP) is 2.12. The fraction of sp³-hybridized carbons (Fsp3) is 0.538. The maximum absolute atomic E-state index is 12.0. The highest BCUT2D eigenvalue weighted by Gasteiger charge is 2.47. The Morgan fingerprint density at radius 3 is 2.47 bits per heavy atom. The van der Waals surface area contributed by atoms with Crippen molar-refractivity contribution >= 4 is 15.5 Å². The Morgan fingerprint density at radius 1 is 1.35 bits per heavy atom. The molecule has 1 aromatic carbocycles. The Hall–Kier alpha value is -1.03. The molecule has 4 heteroatoms. The van der Waals surface area contributed by atoms with Crippen LogP contribution in [0.4, 0.5) is 5.69 Å². The van der Waals surface area contributed by atoms with Crippen LogP contribution in [0.25, 0.3) is 0 Å². The third-order valence-electron chi connectivity index (χ3n) is 3.55. The van der Waals surface area contributed by atoms with E-state index in [-0.39, 0.29) is 16.4 Å². The van der Waals surface area contributed by atoms with Gasteiger partial charge in [0.05, 0.1) is 11.0 Å². The molecule has 1 fully saturated rings. The lowest BCUT2D eigenvalue weighted by Gasteiger charge is -2.18. The van der Waals surface area contributed by atoms with Gasteiger partial charge in [-0.2, -0.15) is 0 Å². The minimum atomic E-state index is -3.00. The Morgan fingerprint density at radius 2 is 2.00 bits per heavy atom. The molecule has 0 aliphatic heterocycles. The first kappa shape index (κ1) is 12.4. The number of benzene rings is 1. The summed E-state index contributed by atoms with van der Waals surface area (Å²) in [6.07, 6.45) is 1.89. The first-order valence-electron chi connectivity index (χ1n) is 5.93. The molecule has 2 N–H and O–H groups in total. The summed E-state index contributed by atoms with van der Waals surface area (Å²) in [4.78, 5) is 0. The van der Waals surface area contributed by atoms with Crippen molar-refractivity contribution < 1.29 is 8.42 Å². The Labute approximate surface area is 103 Å². The van der Waals surface area contributed by atoms with Gasteiger partial charge in [0.1, 0.15) is 0 Å². The van der Waals surface area contributed by atoms with Crippen molar-refractivity contribution in [1.29, 1.82) is 0 Å². The van der Waals surface area contributed by atoms with E-state index < -0.39 is 9.84 Å². The Balaban J connectivity index is 2.27. The summed E-state index contributed by atoms with van der Waals surface area (Å²) in [6.45, 7) is 3.48. The lowest BCUT2D eigenvalue weighted by molar-refractivity contribution is 0.577. The monoisotopic (exact) mass is 253 g/mol. The van der Waals surface area contributed by atoms with E-state index in [1.54, 1.807) is 13.8 Å². The molecule has 0 spiro atoms. The number of anilines is 1.